The molecule has 1 aliphatic carbocycles. The summed E-state index contributed by atoms with van der Waals surface area (Å²) in [4.78, 5) is 0. The predicted octanol–water partition coefficient (Wildman–Crippen LogP) is 2.77. The fourth-order valence-corrected chi connectivity index (χ4v) is 3.95. The summed E-state index contributed by atoms with van der Waals surface area (Å²) in [6, 6.07) is 9.25. The van der Waals surface area contributed by atoms with Crippen LogP contribution in [0.1, 0.15) is 36.9 Å². The average Bonchev–Trinajstić information content (AvgIpc) is 2.57. The first-order valence-corrected chi connectivity index (χ1v) is 7.95. The van der Waals surface area contributed by atoms with E-state index in [0.717, 1.165) is 12.3 Å². The van der Waals surface area contributed by atoms with E-state index in [4.69, 9.17) is 5.11 Å². The van der Waals surface area contributed by atoms with Crippen molar-refractivity contribution in [1.29, 1.82) is 0 Å². The smallest absolute Gasteiger partial charge is 0.0521 e. The summed E-state index contributed by atoms with van der Waals surface area (Å²) in [6.07, 6.45) is 3.67. The molecule has 0 saturated heterocycles. The van der Waals surface area contributed by atoms with E-state index in [0.29, 0.717) is 11.3 Å². The van der Waals surface area contributed by atoms with Crippen molar-refractivity contribution in [2.24, 2.45) is 0 Å². The van der Waals surface area contributed by atoms with Gasteiger partial charge in [-0.25, -0.2) is 0 Å². The Balaban J connectivity index is 2.22. The van der Waals surface area contributed by atoms with Crippen LogP contribution in [0.15, 0.2) is 24.3 Å². The lowest BCUT2D eigenvalue weighted by atomic mass is 9.99. The number of rotatable bonds is 5. The molecule has 2 nitrogen and oxygen atoms in total. The molecule has 0 heterocycles. The molecule has 1 aromatic carbocycles. The molecule has 1 aliphatic rings. The second-order valence-electron chi connectivity index (χ2n) is 4.76. The molecule has 0 spiro atoms. The van der Waals surface area contributed by atoms with Gasteiger partial charge in [0.05, 0.1) is 6.61 Å². The maximum Gasteiger partial charge on any atom is 0.0521 e. The second-order valence-corrected chi connectivity index (χ2v) is 6.11. The molecule has 0 bridgehead atoms. The highest BCUT2D eigenvalue weighted by Crippen LogP contribution is 2.35. The van der Waals surface area contributed by atoms with Crippen molar-refractivity contribution in [1.82, 2.24) is 5.32 Å². The van der Waals surface area contributed by atoms with E-state index in [1.54, 1.807) is 0 Å². The number of fused-ring (bicyclic) bond motifs is 1. The highest BCUT2D eigenvalue weighted by Gasteiger charge is 2.26. The van der Waals surface area contributed by atoms with Crippen LogP contribution in [0.5, 0.6) is 0 Å². The molecule has 1 aromatic rings. The minimum absolute atomic E-state index is 0.279. The highest BCUT2D eigenvalue weighted by molar-refractivity contribution is 7.99. The Morgan fingerprint density at radius 1 is 1.39 bits per heavy atom. The maximum absolute atomic E-state index is 9.04. The van der Waals surface area contributed by atoms with E-state index < -0.39 is 0 Å². The molecular weight excluding hydrogens is 242 g/mol. The lowest BCUT2D eigenvalue weighted by Gasteiger charge is -2.27. The maximum atomic E-state index is 9.04. The van der Waals surface area contributed by atoms with Crippen molar-refractivity contribution < 1.29 is 5.11 Å². The van der Waals surface area contributed by atoms with Crippen molar-refractivity contribution in [2.75, 3.05) is 18.9 Å². The van der Waals surface area contributed by atoms with Gasteiger partial charge in [-0.15, -0.1) is 0 Å². The van der Waals surface area contributed by atoms with Gasteiger partial charge >= 0.3 is 0 Å². The molecule has 0 fully saturated rings. The molecular formula is C15H23NOS. The van der Waals surface area contributed by atoms with Gasteiger partial charge in [0.2, 0.25) is 0 Å². The van der Waals surface area contributed by atoms with Gasteiger partial charge in [-0.1, -0.05) is 31.2 Å². The Kier molecular flexibility index (Phi) is 5.54. The molecule has 2 atom stereocenters. The van der Waals surface area contributed by atoms with Gasteiger partial charge < -0.3 is 10.4 Å². The lowest BCUT2D eigenvalue weighted by Crippen LogP contribution is -2.30. The summed E-state index contributed by atoms with van der Waals surface area (Å²) < 4.78 is 0. The number of aliphatic hydroxyl groups excluding tert-OH is 1. The third-order valence-corrected chi connectivity index (χ3v) is 4.90. The molecule has 100 valence electrons. The SMILES string of the molecule is CCNC1c2ccccc2CCCC1SCCO. The molecule has 0 aromatic heterocycles. The van der Waals surface area contributed by atoms with Crippen molar-refractivity contribution in [3.05, 3.63) is 35.4 Å². The van der Waals surface area contributed by atoms with Crippen molar-refractivity contribution in [3.63, 3.8) is 0 Å². The number of hydrogen-bond donors (Lipinski definition) is 2. The quantitative estimate of drug-likeness (QED) is 0.803. The van der Waals surface area contributed by atoms with E-state index >= 15 is 0 Å². The Labute approximate surface area is 114 Å². The molecule has 18 heavy (non-hydrogen) atoms. The van der Waals surface area contributed by atoms with Crippen molar-refractivity contribution in [3.8, 4) is 0 Å². The molecule has 3 heteroatoms. The predicted molar refractivity (Wildman–Crippen MR) is 79.1 cm³/mol. The Morgan fingerprint density at radius 2 is 2.22 bits per heavy atom. The summed E-state index contributed by atoms with van der Waals surface area (Å²) in [5.74, 6) is 0.842. The van der Waals surface area contributed by atoms with Crippen LogP contribution in [-0.4, -0.2) is 29.3 Å². The van der Waals surface area contributed by atoms with Crippen LogP contribution >= 0.6 is 11.8 Å². The van der Waals surface area contributed by atoms with Crippen LogP contribution in [0.3, 0.4) is 0 Å². The van der Waals surface area contributed by atoms with Crippen LogP contribution in [0.25, 0.3) is 0 Å². The Bertz CT molecular complexity index is 367. The zero-order valence-electron chi connectivity index (χ0n) is 11.1. The zero-order chi connectivity index (χ0) is 12.8. The van der Waals surface area contributed by atoms with Gasteiger partial charge in [0.15, 0.2) is 0 Å². The number of aryl methyl sites for hydroxylation is 1. The minimum atomic E-state index is 0.279. The van der Waals surface area contributed by atoms with Crippen molar-refractivity contribution >= 4 is 11.8 Å². The summed E-state index contributed by atoms with van der Waals surface area (Å²) in [6.45, 7) is 3.44. The number of aliphatic hydroxyl groups is 1. The van der Waals surface area contributed by atoms with Gasteiger partial charge in [-0.2, -0.15) is 11.8 Å². The van der Waals surface area contributed by atoms with Crippen LogP contribution in [-0.2, 0) is 6.42 Å². The first-order chi connectivity index (χ1) is 8.86. The second kappa shape index (κ2) is 7.17. The summed E-state index contributed by atoms with van der Waals surface area (Å²) in [7, 11) is 0. The lowest BCUT2D eigenvalue weighted by molar-refractivity contribution is 0.322. The van der Waals surface area contributed by atoms with E-state index in [1.807, 2.05) is 11.8 Å². The number of hydrogen-bond acceptors (Lipinski definition) is 3. The minimum Gasteiger partial charge on any atom is -0.396 e. The van der Waals surface area contributed by atoms with E-state index in [1.165, 1.54) is 30.4 Å². The van der Waals surface area contributed by atoms with E-state index in [9.17, 15) is 0 Å². The van der Waals surface area contributed by atoms with Gasteiger partial charge in [0.25, 0.3) is 0 Å². The molecule has 0 aliphatic heterocycles. The largest absolute Gasteiger partial charge is 0.396 e. The molecule has 2 rings (SSSR count). The van der Waals surface area contributed by atoms with Gasteiger partial charge in [-0.05, 0) is 36.9 Å². The number of nitrogens with one attached hydrogen (secondary N) is 1. The van der Waals surface area contributed by atoms with Gasteiger partial charge in [-0.3, -0.25) is 0 Å². The number of benzene rings is 1. The van der Waals surface area contributed by atoms with Gasteiger partial charge in [0.1, 0.15) is 0 Å². The molecule has 2 unspecified atom stereocenters. The van der Waals surface area contributed by atoms with E-state index in [2.05, 4.69) is 36.5 Å². The molecule has 2 N–H and O–H groups in total. The van der Waals surface area contributed by atoms with Crippen molar-refractivity contribution in [2.45, 2.75) is 37.5 Å². The standard InChI is InChI=1S/C15H23NOS/c1-2-16-15-13-8-4-3-6-12(13)7-5-9-14(15)18-11-10-17/h3-4,6,8,14-17H,2,5,7,9-11H2,1H3. The zero-order valence-corrected chi connectivity index (χ0v) is 11.9. The fourth-order valence-electron chi connectivity index (χ4n) is 2.77. The summed E-state index contributed by atoms with van der Waals surface area (Å²) in [5.41, 5.74) is 2.96. The fraction of sp³-hybridized carbons (Fsp3) is 0.600. The van der Waals surface area contributed by atoms with E-state index in [-0.39, 0.29) is 6.61 Å². The Morgan fingerprint density at radius 3 is 3.00 bits per heavy atom. The van der Waals surface area contributed by atoms with Crippen LogP contribution in [0, 0.1) is 0 Å². The van der Waals surface area contributed by atoms with Crippen LogP contribution in [0.2, 0.25) is 0 Å². The van der Waals surface area contributed by atoms with Crippen LogP contribution in [0.4, 0.5) is 0 Å². The first kappa shape index (κ1) is 13.9. The Hall–Kier alpha value is -0.510. The molecule has 0 amide bonds. The summed E-state index contributed by atoms with van der Waals surface area (Å²) in [5, 5.41) is 13.3. The third-order valence-electron chi connectivity index (χ3n) is 3.54. The van der Waals surface area contributed by atoms with Gasteiger partial charge in [0, 0.05) is 17.0 Å². The average molecular weight is 265 g/mol. The highest BCUT2D eigenvalue weighted by atomic mass is 32.2. The first-order valence-electron chi connectivity index (χ1n) is 6.90. The normalized spacial score (nSPS) is 23.4. The molecule has 0 saturated carbocycles. The monoisotopic (exact) mass is 265 g/mol. The van der Waals surface area contributed by atoms with Crippen LogP contribution < -0.4 is 5.32 Å². The third kappa shape index (κ3) is 3.28. The summed E-state index contributed by atoms with van der Waals surface area (Å²) >= 11 is 1.91. The molecule has 0 radical (unpaired) electrons. The topological polar surface area (TPSA) is 32.3 Å². The number of thioether (sulfide) groups is 1.